The van der Waals surface area contributed by atoms with Gasteiger partial charge in [0, 0.05) is 21.4 Å². The van der Waals surface area contributed by atoms with Crippen molar-refractivity contribution in [3.63, 3.8) is 0 Å². The maximum absolute atomic E-state index is 12.2. The lowest BCUT2D eigenvalue weighted by Gasteiger charge is -2.11. The van der Waals surface area contributed by atoms with E-state index in [9.17, 15) is 4.79 Å². The summed E-state index contributed by atoms with van der Waals surface area (Å²) in [5.41, 5.74) is 1.39. The van der Waals surface area contributed by atoms with Gasteiger partial charge >= 0.3 is 0 Å². The molecular weight excluding hydrogens is 405 g/mol. The van der Waals surface area contributed by atoms with E-state index >= 15 is 0 Å². The monoisotopic (exact) mass is 423 g/mol. The van der Waals surface area contributed by atoms with Gasteiger partial charge in [-0.3, -0.25) is 4.79 Å². The SMILES string of the molecule is O=C(Nc1ccc(I)cc1)c1ccc(OC[C@H]2CCCO2)cc1. The van der Waals surface area contributed by atoms with Crippen LogP contribution in [-0.4, -0.2) is 25.2 Å². The predicted octanol–water partition coefficient (Wildman–Crippen LogP) is 4.10. The molecule has 120 valence electrons. The van der Waals surface area contributed by atoms with Crippen LogP contribution >= 0.6 is 22.6 Å². The Hall–Kier alpha value is -1.60. The van der Waals surface area contributed by atoms with Crippen LogP contribution in [0, 0.1) is 3.57 Å². The molecule has 1 saturated heterocycles. The normalized spacial score (nSPS) is 17.0. The number of halogens is 1. The van der Waals surface area contributed by atoms with E-state index in [0.717, 1.165) is 34.5 Å². The van der Waals surface area contributed by atoms with Crippen LogP contribution in [0.5, 0.6) is 5.75 Å². The van der Waals surface area contributed by atoms with Crippen molar-refractivity contribution in [2.24, 2.45) is 0 Å². The average molecular weight is 423 g/mol. The summed E-state index contributed by atoms with van der Waals surface area (Å²) in [4.78, 5) is 12.2. The largest absolute Gasteiger partial charge is 0.491 e. The standard InChI is InChI=1S/C18H18INO3/c19-14-5-7-15(8-6-14)20-18(21)13-3-9-16(10-4-13)23-12-17-2-1-11-22-17/h3-10,17H,1-2,11-12H2,(H,20,21)/t17-/m1/s1. The van der Waals surface area contributed by atoms with E-state index in [1.807, 2.05) is 36.4 Å². The van der Waals surface area contributed by atoms with Gasteiger partial charge in [-0.05, 0) is 84.0 Å². The minimum atomic E-state index is -0.128. The Morgan fingerprint density at radius 2 is 1.91 bits per heavy atom. The molecule has 0 aliphatic carbocycles. The molecule has 1 N–H and O–H groups in total. The number of carbonyl (C=O) groups is 1. The molecule has 0 aromatic heterocycles. The van der Waals surface area contributed by atoms with E-state index in [0.29, 0.717) is 12.2 Å². The summed E-state index contributed by atoms with van der Waals surface area (Å²) in [6, 6.07) is 14.9. The summed E-state index contributed by atoms with van der Waals surface area (Å²) >= 11 is 2.23. The van der Waals surface area contributed by atoms with Crippen LogP contribution in [0.3, 0.4) is 0 Å². The zero-order valence-corrected chi connectivity index (χ0v) is 14.8. The van der Waals surface area contributed by atoms with Crippen molar-refractivity contribution in [3.8, 4) is 5.75 Å². The molecule has 1 aliphatic rings. The summed E-state index contributed by atoms with van der Waals surface area (Å²) in [5.74, 6) is 0.628. The fraction of sp³-hybridized carbons (Fsp3) is 0.278. The predicted molar refractivity (Wildman–Crippen MR) is 98.0 cm³/mol. The Morgan fingerprint density at radius 1 is 1.17 bits per heavy atom. The molecule has 0 spiro atoms. The second-order valence-electron chi connectivity index (χ2n) is 5.43. The van der Waals surface area contributed by atoms with Crippen LogP contribution in [0.15, 0.2) is 48.5 Å². The Labute approximate surface area is 149 Å². The third-order valence-corrected chi connectivity index (χ3v) is 4.40. The third-order valence-electron chi connectivity index (χ3n) is 3.68. The van der Waals surface area contributed by atoms with Gasteiger partial charge in [0.1, 0.15) is 12.4 Å². The molecule has 5 heteroatoms. The number of hydrogen-bond donors (Lipinski definition) is 1. The van der Waals surface area contributed by atoms with Crippen LogP contribution in [-0.2, 0) is 4.74 Å². The molecule has 0 bridgehead atoms. The zero-order valence-electron chi connectivity index (χ0n) is 12.6. The number of amides is 1. The molecule has 1 atom stereocenters. The lowest BCUT2D eigenvalue weighted by Crippen LogP contribution is -2.16. The van der Waals surface area contributed by atoms with Crippen molar-refractivity contribution in [3.05, 3.63) is 57.7 Å². The van der Waals surface area contributed by atoms with Crippen molar-refractivity contribution in [1.82, 2.24) is 0 Å². The quantitative estimate of drug-likeness (QED) is 0.737. The number of nitrogens with one attached hydrogen (secondary N) is 1. The van der Waals surface area contributed by atoms with Gasteiger partial charge in [0.25, 0.3) is 5.91 Å². The van der Waals surface area contributed by atoms with E-state index < -0.39 is 0 Å². The first kappa shape index (κ1) is 16.3. The highest BCUT2D eigenvalue weighted by Crippen LogP contribution is 2.18. The van der Waals surface area contributed by atoms with E-state index in [1.165, 1.54) is 0 Å². The fourth-order valence-electron chi connectivity index (χ4n) is 2.40. The minimum Gasteiger partial charge on any atom is -0.491 e. The molecular formula is C18H18INO3. The molecule has 3 rings (SSSR count). The highest BCUT2D eigenvalue weighted by molar-refractivity contribution is 14.1. The Morgan fingerprint density at radius 3 is 2.57 bits per heavy atom. The van der Waals surface area contributed by atoms with E-state index in [4.69, 9.17) is 9.47 Å². The summed E-state index contributed by atoms with van der Waals surface area (Å²) in [7, 11) is 0. The van der Waals surface area contributed by atoms with Gasteiger partial charge in [0.15, 0.2) is 0 Å². The van der Waals surface area contributed by atoms with Gasteiger partial charge in [-0.2, -0.15) is 0 Å². The smallest absolute Gasteiger partial charge is 0.255 e. The summed E-state index contributed by atoms with van der Waals surface area (Å²) in [6.07, 6.45) is 2.35. The lowest BCUT2D eigenvalue weighted by molar-refractivity contribution is 0.0679. The fourth-order valence-corrected chi connectivity index (χ4v) is 2.76. The van der Waals surface area contributed by atoms with Gasteiger partial charge in [-0.1, -0.05) is 0 Å². The molecule has 1 heterocycles. The molecule has 1 fully saturated rings. The molecule has 0 radical (unpaired) electrons. The molecule has 0 unspecified atom stereocenters. The van der Waals surface area contributed by atoms with E-state index in [2.05, 4.69) is 27.9 Å². The van der Waals surface area contributed by atoms with Crippen molar-refractivity contribution in [1.29, 1.82) is 0 Å². The van der Waals surface area contributed by atoms with Crippen LogP contribution in [0.2, 0.25) is 0 Å². The summed E-state index contributed by atoms with van der Waals surface area (Å²) in [5, 5.41) is 2.88. The number of hydrogen-bond acceptors (Lipinski definition) is 3. The van der Waals surface area contributed by atoms with Crippen molar-refractivity contribution in [2.75, 3.05) is 18.5 Å². The first-order chi connectivity index (χ1) is 11.2. The Kier molecular flexibility index (Phi) is 5.51. The second kappa shape index (κ2) is 7.79. The zero-order chi connectivity index (χ0) is 16.1. The molecule has 1 amide bonds. The first-order valence-electron chi connectivity index (χ1n) is 7.62. The van der Waals surface area contributed by atoms with Gasteiger partial charge in [0.05, 0.1) is 6.10 Å². The number of rotatable bonds is 5. The van der Waals surface area contributed by atoms with Crippen LogP contribution < -0.4 is 10.1 Å². The van der Waals surface area contributed by atoms with Crippen molar-refractivity contribution >= 4 is 34.2 Å². The maximum atomic E-state index is 12.2. The van der Waals surface area contributed by atoms with Crippen molar-refractivity contribution < 1.29 is 14.3 Å². The number of carbonyl (C=O) groups excluding carboxylic acids is 1. The van der Waals surface area contributed by atoms with Gasteiger partial charge in [0.2, 0.25) is 0 Å². The molecule has 23 heavy (non-hydrogen) atoms. The Balaban J connectivity index is 1.55. The third kappa shape index (κ3) is 4.68. The highest BCUT2D eigenvalue weighted by Gasteiger charge is 2.16. The molecule has 2 aromatic rings. The molecule has 1 aliphatic heterocycles. The highest BCUT2D eigenvalue weighted by atomic mass is 127. The second-order valence-corrected chi connectivity index (χ2v) is 6.68. The van der Waals surface area contributed by atoms with Crippen molar-refractivity contribution in [2.45, 2.75) is 18.9 Å². The molecule has 4 nitrogen and oxygen atoms in total. The molecule has 2 aromatic carbocycles. The maximum Gasteiger partial charge on any atom is 0.255 e. The van der Waals surface area contributed by atoms with Gasteiger partial charge in [-0.25, -0.2) is 0 Å². The molecule has 0 saturated carbocycles. The van der Waals surface area contributed by atoms with Crippen LogP contribution in [0.25, 0.3) is 0 Å². The average Bonchev–Trinajstić information content (AvgIpc) is 3.09. The van der Waals surface area contributed by atoms with Gasteiger partial charge < -0.3 is 14.8 Å². The number of ether oxygens (including phenoxy) is 2. The van der Waals surface area contributed by atoms with E-state index in [1.54, 1.807) is 12.1 Å². The number of benzene rings is 2. The number of anilines is 1. The topological polar surface area (TPSA) is 47.6 Å². The first-order valence-corrected chi connectivity index (χ1v) is 8.70. The lowest BCUT2D eigenvalue weighted by atomic mass is 10.2. The van der Waals surface area contributed by atoms with Crippen LogP contribution in [0.1, 0.15) is 23.2 Å². The summed E-state index contributed by atoms with van der Waals surface area (Å²) < 4.78 is 12.4. The minimum absolute atomic E-state index is 0.128. The van der Waals surface area contributed by atoms with E-state index in [-0.39, 0.29) is 12.0 Å². The van der Waals surface area contributed by atoms with Gasteiger partial charge in [-0.15, -0.1) is 0 Å². The van der Waals surface area contributed by atoms with Crippen LogP contribution in [0.4, 0.5) is 5.69 Å². The summed E-state index contributed by atoms with van der Waals surface area (Å²) in [6.45, 7) is 1.39. The Bertz CT molecular complexity index is 649.